The van der Waals surface area contributed by atoms with Gasteiger partial charge in [0.25, 0.3) is 5.91 Å². The van der Waals surface area contributed by atoms with Crippen molar-refractivity contribution >= 4 is 17.7 Å². The lowest BCUT2D eigenvalue weighted by atomic mass is 10.0. The monoisotopic (exact) mass is 359 g/mol. The van der Waals surface area contributed by atoms with Crippen LogP contribution < -0.4 is 0 Å². The summed E-state index contributed by atoms with van der Waals surface area (Å²) in [6.07, 6.45) is 4.14. The summed E-state index contributed by atoms with van der Waals surface area (Å²) < 4.78 is 2.01. The highest BCUT2D eigenvalue weighted by atomic mass is 32.2. The van der Waals surface area contributed by atoms with Crippen LogP contribution in [0.25, 0.3) is 11.4 Å². The minimum atomic E-state index is 0.0700. The molecule has 25 heavy (non-hydrogen) atoms. The van der Waals surface area contributed by atoms with Crippen molar-refractivity contribution in [1.82, 2.24) is 24.6 Å². The van der Waals surface area contributed by atoms with E-state index in [2.05, 4.69) is 15.1 Å². The van der Waals surface area contributed by atoms with Crippen LogP contribution in [0.1, 0.15) is 23.3 Å². The smallest absolute Gasteiger partial charge is 0.271 e. The quantitative estimate of drug-likeness (QED) is 0.911. The number of amides is 1. The predicted molar refractivity (Wildman–Crippen MR) is 101 cm³/mol. The van der Waals surface area contributed by atoms with Crippen LogP contribution >= 0.6 is 11.8 Å². The fourth-order valence-electron chi connectivity index (χ4n) is 3.84. The number of H-pyrrole nitrogens is 1. The van der Waals surface area contributed by atoms with Gasteiger partial charge < -0.3 is 9.47 Å². The number of hydrogen-bond acceptors (Lipinski definition) is 4. The first-order valence-electron chi connectivity index (χ1n) is 9.00. The van der Waals surface area contributed by atoms with E-state index in [1.165, 1.54) is 24.6 Å². The van der Waals surface area contributed by atoms with E-state index in [4.69, 9.17) is 0 Å². The zero-order valence-electron chi connectivity index (χ0n) is 14.6. The number of hydrogen-bond donors (Lipinski definition) is 1. The second kappa shape index (κ2) is 7.25. The Balaban J connectivity index is 1.38. The number of aryl methyl sites for hydroxylation is 1. The Morgan fingerprint density at radius 1 is 1.24 bits per heavy atom. The number of carbonyl (C=O) groups excluding carboxylic acids is 1. The van der Waals surface area contributed by atoms with Gasteiger partial charge in [0, 0.05) is 57.0 Å². The number of rotatable bonds is 3. The van der Waals surface area contributed by atoms with E-state index in [0.29, 0.717) is 11.7 Å². The van der Waals surface area contributed by atoms with Gasteiger partial charge in [-0.25, -0.2) is 0 Å². The molecule has 2 fully saturated rings. The van der Waals surface area contributed by atoms with Crippen molar-refractivity contribution in [3.63, 3.8) is 0 Å². The molecule has 2 saturated heterocycles. The zero-order valence-corrected chi connectivity index (χ0v) is 15.5. The van der Waals surface area contributed by atoms with Crippen molar-refractivity contribution < 1.29 is 4.79 Å². The Labute approximate surface area is 152 Å². The van der Waals surface area contributed by atoms with Gasteiger partial charge in [0.2, 0.25) is 0 Å². The summed E-state index contributed by atoms with van der Waals surface area (Å²) in [6.45, 7) is 4.07. The first-order valence-corrected chi connectivity index (χ1v) is 10.2. The standard InChI is InChI=1S/C18H25N5OS/c1-21-6-2-3-17(21)15-13-16(20-19-15)18(24)23-7-4-14(5-8-23)22-9-11-25-12-10-22/h2-3,6,13-14H,4-5,7-12H2,1H3,(H,19,20). The van der Waals surface area contributed by atoms with Gasteiger partial charge >= 0.3 is 0 Å². The first-order chi connectivity index (χ1) is 12.2. The van der Waals surface area contributed by atoms with Crippen LogP contribution in [0.5, 0.6) is 0 Å². The van der Waals surface area contributed by atoms with Gasteiger partial charge in [-0.3, -0.25) is 14.8 Å². The summed E-state index contributed by atoms with van der Waals surface area (Å²) in [5.74, 6) is 2.56. The van der Waals surface area contributed by atoms with Gasteiger partial charge in [0.05, 0.1) is 5.69 Å². The number of piperidine rings is 1. The molecule has 0 bridgehead atoms. The minimum absolute atomic E-state index is 0.0700. The first kappa shape index (κ1) is 16.7. The van der Waals surface area contributed by atoms with E-state index < -0.39 is 0 Å². The molecule has 1 N–H and O–H groups in total. The van der Waals surface area contributed by atoms with E-state index >= 15 is 0 Å². The van der Waals surface area contributed by atoms with Gasteiger partial charge in [0.15, 0.2) is 0 Å². The molecule has 2 aromatic rings. The molecule has 4 heterocycles. The van der Waals surface area contributed by atoms with Crippen molar-refractivity contribution in [2.75, 3.05) is 37.7 Å². The highest BCUT2D eigenvalue weighted by Gasteiger charge is 2.28. The van der Waals surface area contributed by atoms with Crippen molar-refractivity contribution in [2.45, 2.75) is 18.9 Å². The lowest BCUT2D eigenvalue weighted by Crippen LogP contribution is -2.49. The van der Waals surface area contributed by atoms with E-state index in [-0.39, 0.29) is 5.91 Å². The highest BCUT2D eigenvalue weighted by molar-refractivity contribution is 7.99. The Kier molecular flexibility index (Phi) is 4.85. The number of carbonyl (C=O) groups is 1. The topological polar surface area (TPSA) is 57.2 Å². The third-order valence-electron chi connectivity index (χ3n) is 5.33. The highest BCUT2D eigenvalue weighted by Crippen LogP contribution is 2.23. The number of aromatic nitrogens is 3. The van der Waals surface area contributed by atoms with Gasteiger partial charge in [-0.05, 0) is 31.0 Å². The Morgan fingerprint density at radius 3 is 2.68 bits per heavy atom. The van der Waals surface area contributed by atoms with E-state index in [1.54, 1.807) is 0 Å². The Hall–Kier alpha value is -1.73. The number of likely N-dealkylation sites (tertiary alicyclic amines) is 1. The van der Waals surface area contributed by atoms with Crippen LogP contribution in [0.15, 0.2) is 24.4 Å². The van der Waals surface area contributed by atoms with E-state index in [9.17, 15) is 4.79 Å². The molecule has 134 valence electrons. The maximum absolute atomic E-state index is 12.8. The summed E-state index contributed by atoms with van der Waals surface area (Å²) in [6, 6.07) is 6.50. The molecule has 4 rings (SSSR count). The fourth-order valence-corrected chi connectivity index (χ4v) is 4.77. The van der Waals surface area contributed by atoms with E-state index in [1.807, 2.05) is 52.7 Å². The molecule has 0 radical (unpaired) electrons. The summed E-state index contributed by atoms with van der Waals surface area (Å²) >= 11 is 2.05. The maximum atomic E-state index is 12.8. The lowest BCUT2D eigenvalue weighted by molar-refractivity contribution is 0.0625. The van der Waals surface area contributed by atoms with Crippen LogP contribution in [0, 0.1) is 0 Å². The third kappa shape index (κ3) is 3.48. The molecule has 1 amide bonds. The fraction of sp³-hybridized carbons (Fsp3) is 0.556. The summed E-state index contributed by atoms with van der Waals surface area (Å²) in [5.41, 5.74) is 2.41. The number of nitrogens with one attached hydrogen (secondary N) is 1. The van der Waals surface area contributed by atoms with Crippen molar-refractivity contribution in [1.29, 1.82) is 0 Å². The van der Waals surface area contributed by atoms with Gasteiger partial charge in [0.1, 0.15) is 11.4 Å². The van der Waals surface area contributed by atoms with Crippen molar-refractivity contribution in [3.8, 4) is 11.4 Å². The van der Waals surface area contributed by atoms with E-state index in [0.717, 1.165) is 37.3 Å². The van der Waals surface area contributed by atoms with Crippen LogP contribution in [0.2, 0.25) is 0 Å². The summed E-state index contributed by atoms with van der Waals surface area (Å²) in [4.78, 5) is 17.4. The van der Waals surface area contributed by atoms with Crippen molar-refractivity contribution in [3.05, 3.63) is 30.1 Å². The maximum Gasteiger partial charge on any atom is 0.271 e. The molecule has 2 aliphatic rings. The van der Waals surface area contributed by atoms with Crippen LogP contribution in [-0.4, -0.2) is 74.2 Å². The molecular weight excluding hydrogens is 334 g/mol. The zero-order chi connectivity index (χ0) is 17.2. The molecule has 7 heteroatoms. The number of nitrogens with zero attached hydrogens (tertiary/aromatic N) is 4. The molecule has 0 unspecified atom stereocenters. The summed E-state index contributed by atoms with van der Waals surface area (Å²) in [7, 11) is 1.98. The molecule has 0 aromatic carbocycles. The third-order valence-corrected chi connectivity index (χ3v) is 6.27. The number of thioether (sulfide) groups is 1. The lowest BCUT2D eigenvalue weighted by Gasteiger charge is -2.39. The second-order valence-corrected chi connectivity index (χ2v) is 8.07. The molecule has 6 nitrogen and oxygen atoms in total. The SMILES string of the molecule is Cn1cccc1-c1cc(C(=O)N2CCC(N3CCSCC3)CC2)[nH]n1. The number of aromatic amines is 1. The molecule has 2 aromatic heterocycles. The average molecular weight is 359 g/mol. The molecule has 0 aliphatic carbocycles. The summed E-state index contributed by atoms with van der Waals surface area (Å²) in [5, 5.41) is 7.25. The Morgan fingerprint density at radius 2 is 2.00 bits per heavy atom. The second-order valence-electron chi connectivity index (χ2n) is 6.84. The minimum Gasteiger partial charge on any atom is -0.349 e. The average Bonchev–Trinajstić information content (AvgIpc) is 3.31. The van der Waals surface area contributed by atoms with Gasteiger partial charge in [-0.2, -0.15) is 16.9 Å². The molecule has 0 spiro atoms. The molecule has 2 aliphatic heterocycles. The van der Waals surface area contributed by atoms with Gasteiger partial charge in [-0.1, -0.05) is 0 Å². The van der Waals surface area contributed by atoms with Gasteiger partial charge in [-0.15, -0.1) is 0 Å². The van der Waals surface area contributed by atoms with Crippen LogP contribution in [0.3, 0.4) is 0 Å². The molecular formula is C18H25N5OS. The largest absolute Gasteiger partial charge is 0.349 e. The predicted octanol–water partition coefficient (Wildman–Crippen LogP) is 2.07. The Bertz CT molecular complexity index is 725. The molecule has 0 saturated carbocycles. The van der Waals surface area contributed by atoms with Crippen LogP contribution in [0.4, 0.5) is 0 Å². The molecule has 0 atom stereocenters. The normalized spacial score (nSPS) is 20.1. The van der Waals surface area contributed by atoms with Crippen molar-refractivity contribution in [2.24, 2.45) is 7.05 Å². The van der Waals surface area contributed by atoms with Crippen LogP contribution in [-0.2, 0) is 7.05 Å².